The van der Waals surface area contributed by atoms with Crippen LogP contribution in [0, 0.1) is 0 Å². The van der Waals surface area contributed by atoms with E-state index in [2.05, 4.69) is 134 Å². The van der Waals surface area contributed by atoms with Crippen LogP contribution in [0.25, 0.3) is 60.2 Å². The molecule has 1 heteroatoms. The lowest BCUT2D eigenvalue weighted by Gasteiger charge is -2.23. The standard InChI is InChI=1S/C35H25N/c1-35(2)28-15-7-5-13-25(28)26-20-18-23-19-21-31-33(32(23)34(26)35)27-14-6-8-16-30(27)36(31)29-17-9-11-22-10-3-4-12-24(22)29/h3-21H,1-2H3. The van der Waals surface area contributed by atoms with Crippen LogP contribution < -0.4 is 0 Å². The molecule has 6 aromatic carbocycles. The number of hydrogen-bond donors (Lipinski definition) is 0. The van der Waals surface area contributed by atoms with Gasteiger partial charge in [0, 0.05) is 21.6 Å². The summed E-state index contributed by atoms with van der Waals surface area (Å²) in [7, 11) is 0. The highest BCUT2D eigenvalue weighted by Crippen LogP contribution is 2.53. The van der Waals surface area contributed by atoms with Crippen molar-refractivity contribution in [2.45, 2.75) is 19.3 Å². The second-order valence-corrected chi connectivity index (χ2v) is 10.6. The second kappa shape index (κ2) is 6.86. The summed E-state index contributed by atoms with van der Waals surface area (Å²) in [5, 5.41) is 7.90. The van der Waals surface area contributed by atoms with E-state index in [1.54, 1.807) is 0 Å². The van der Waals surface area contributed by atoms with Crippen molar-refractivity contribution >= 4 is 43.4 Å². The highest BCUT2D eigenvalue weighted by atomic mass is 15.0. The molecule has 0 radical (unpaired) electrons. The minimum Gasteiger partial charge on any atom is -0.309 e. The highest BCUT2D eigenvalue weighted by Gasteiger charge is 2.37. The van der Waals surface area contributed by atoms with E-state index in [-0.39, 0.29) is 5.41 Å². The molecule has 1 nitrogen and oxygen atoms in total. The molecule has 0 saturated heterocycles. The maximum absolute atomic E-state index is 2.47. The van der Waals surface area contributed by atoms with Crippen LogP contribution in [0.4, 0.5) is 0 Å². The van der Waals surface area contributed by atoms with Gasteiger partial charge in [0.05, 0.1) is 16.7 Å². The monoisotopic (exact) mass is 459 g/mol. The van der Waals surface area contributed by atoms with E-state index in [9.17, 15) is 0 Å². The molecule has 170 valence electrons. The normalized spacial score (nSPS) is 14.1. The Hall–Kier alpha value is -4.36. The fourth-order valence-electron chi connectivity index (χ4n) is 6.81. The second-order valence-electron chi connectivity index (χ2n) is 10.6. The topological polar surface area (TPSA) is 4.93 Å². The van der Waals surface area contributed by atoms with E-state index >= 15 is 0 Å². The van der Waals surface area contributed by atoms with E-state index < -0.39 is 0 Å². The Balaban J connectivity index is 1.60. The molecule has 8 rings (SSSR count). The van der Waals surface area contributed by atoms with Gasteiger partial charge in [-0.25, -0.2) is 0 Å². The van der Waals surface area contributed by atoms with Gasteiger partial charge in [0.2, 0.25) is 0 Å². The Morgan fingerprint density at radius 2 is 1.22 bits per heavy atom. The van der Waals surface area contributed by atoms with Gasteiger partial charge < -0.3 is 4.57 Å². The molecule has 0 unspecified atom stereocenters. The fraction of sp³-hybridized carbons (Fsp3) is 0.0857. The minimum atomic E-state index is -0.0671. The summed E-state index contributed by atoms with van der Waals surface area (Å²) in [6, 6.07) is 42.5. The summed E-state index contributed by atoms with van der Waals surface area (Å²) in [5.74, 6) is 0. The Kier molecular flexibility index (Phi) is 3.79. The number of para-hydroxylation sites is 1. The van der Waals surface area contributed by atoms with Crippen LogP contribution in [0.2, 0.25) is 0 Å². The molecular weight excluding hydrogens is 434 g/mol. The van der Waals surface area contributed by atoms with Gasteiger partial charge in [0.15, 0.2) is 0 Å². The van der Waals surface area contributed by atoms with Gasteiger partial charge in [-0.15, -0.1) is 0 Å². The first-order valence-electron chi connectivity index (χ1n) is 12.7. The molecule has 7 aromatic rings. The van der Waals surface area contributed by atoms with Crippen molar-refractivity contribution in [2.75, 3.05) is 0 Å². The number of benzene rings is 6. The number of aromatic nitrogens is 1. The van der Waals surface area contributed by atoms with Gasteiger partial charge in [-0.3, -0.25) is 0 Å². The van der Waals surface area contributed by atoms with Gasteiger partial charge in [0.1, 0.15) is 0 Å². The van der Waals surface area contributed by atoms with Crippen LogP contribution in [0.5, 0.6) is 0 Å². The lowest BCUT2D eigenvalue weighted by atomic mass is 9.79. The Labute approximate surface area is 210 Å². The van der Waals surface area contributed by atoms with Crippen molar-refractivity contribution in [3.63, 3.8) is 0 Å². The maximum atomic E-state index is 2.47. The average Bonchev–Trinajstić information content (AvgIpc) is 3.38. The number of fused-ring (bicyclic) bond motifs is 10. The highest BCUT2D eigenvalue weighted by molar-refractivity contribution is 6.24. The Morgan fingerprint density at radius 1 is 0.500 bits per heavy atom. The number of rotatable bonds is 1. The van der Waals surface area contributed by atoms with Crippen LogP contribution >= 0.6 is 0 Å². The Morgan fingerprint density at radius 3 is 2.14 bits per heavy atom. The first kappa shape index (κ1) is 19.9. The van der Waals surface area contributed by atoms with Crippen molar-refractivity contribution < 1.29 is 0 Å². The van der Waals surface area contributed by atoms with Crippen molar-refractivity contribution in [3.8, 4) is 16.8 Å². The maximum Gasteiger partial charge on any atom is 0.0547 e. The van der Waals surface area contributed by atoms with Crippen molar-refractivity contribution in [1.29, 1.82) is 0 Å². The third kappa shape index (κ3) is 2.40. The molecule has 0 fully saturated rings. The van der Waals surface area contributed by atoms with Crippen LogP contribution in [0.1, 0.15) is 25.0 Å². The third-order valence-electron chi connectivity index (χ3n) is 8.34. The van der Waals surface area contributed by atoms with Crippen LogP contribution in [0.15, 0.2) is 115 Å². The summed E-state index contributed by atoms with van der Waals surface area (Å²) in [4.78, 5) is 0. The van der Waals surface area contributed by atoms with E-state index in [4.69, 9.17) is 0 Å². The number of hydrogen-bond acceptors (Lipinski definition) is 0. The van der Waals surface area contributed by atoms with E-state index in [1.807, 2.05) is 0 Å². The lowest BCUT2D eigenvalue weighted by Crippen LogP contribution is -2.15. The quantitative estimate of drug-likeness (QED) is 0.230. The molecule has 0 bridgehead atoms. The predicted molar refractivity (Wildman–Crippen MR) is 153 cm³/mol. The van der Waals surface area contributed by atoms with Crippen LogP contribution in [-0.2, 0) is 5.41 Å². The predicted octanol–water partition coefficient (Wildman–Crippen LogP) is 9.40. The fourth-order valence-corrected chi connectivity index (χ4v) is 6.81. The van der Waals surface area contributed by atoms with Crippen LogP contribution in [0.3, 0.4) is 0 Å². The molecule has 0 spiro atoms. The van der Waals surface area contributed by atoms with Gasteiger partial charge >= 0.3 is 0 Å². The zero-order chi connectivity index (χ0) is 24.0. The van der Waals surface area contributed by atoms with Gasteiger partial charge in [-0.05, 0) is 56.6 Å². The Bertz CT molecular complexity index is 2010. The summed E-state index contributed by atoms with van der Waals surface area (Å²) >= 11 is 0. The summed E-state index contributed by atoms with van der Waals surface area (Å²) in [6.45, 7) is 4.78. The van der Waals surface area contributed by atoms with E-state index in [1.165, 1.54) is 71.3 Å². The molecular formula is C35H25N. The molecule has 36 heavy (non-hydrogen) atoms. The van der Waals surface area contributed by atoms with Crippen molar-refractivity contribution in [1.82, 2.24) is 4.57 Å². The summed E-state index contributed by atoms with van der Waals surface area (Å²) < 4.78 is 2.47. The lowest BCUT2D eigenvalue weighted by molar-refractivity contribution is 0.666. The minimum absolute atomic E-state index is 0.0671. The smallest absolute Gasteiger partial charge is 0.0547 e. The zero-order valence-corrected chi connectivity index (χ0v) is 20.4. The molecule has 1 heterocycles. The first-order valence-corrected chi connectivity index (χ1v) is 12.7. The zero-order valence-electron chi connectivity index (χ0n) is 20.4. The largest absolute Gasteiger partial charge is 0.309 e. The summed E-state index contributed by atoms with van der Waals surface area (Å²) in [6.07, 6.45) is 0. The number of nitrogens with zero attached hydrogens (tertiary/aromatic N) is 1. The molecule has 0 aliphatic heterocycles. The molecule has 1 aliphatic carbocycles. The van der Waals surface area contributed by atoms with Gasteiger partial charge in [0.25, 0.3) is 0 Å². The van der Waals surface area contributed by atoms with Crippen molar-refractivity contribution in [3.05, 3.63) is 126 Å². The van der Waals surface area contributed by atoms with E-state index in [0.29, 0.717) is 0 Å². The van der Waals surface area contributed by atoms with Gasteiger partial charge in [-0.1, -0.05) is 111 Å². The molecule has 1 aromatic heterocycles. The summed E-state index contributed by atoms with van der Waals surface area (Å²) in [5.41, 5.74) is 9.29. The molecule has 1 aliphatic rings. The SMILES string of the molecule is CC1(C)c2ccccc2-c2ccc3ccc4c(c5ccccc5n4-c4cccc5ccccc45)c3c21. The molecule has 0 N–H and O–H groups in total. The molecule has 0 atom stereocenters. The molecule has 0 saturated carbocycles. The van der Waals surface area contributed by atoms with Crippen molar-refractivity contribution in [2.24, 2.45) is 0 Å². The van der Waals surface area contributed by atoms with E-state index in [0.717, 1.165) is 0 Å². The first-order chi connectivity index (χ1) is 17.6. The molecule has 0 amide bonds. The third-order valence-corrected chi connectivity index (χ3v) is 8.34. The van der Waals surface area contributed by atoms with Crippen LogP contribution in [-0.4, -0.2) is 4.57 Å². The van der Waals surface area contributed by atoms with Gasteiger partial charge in [-0.2, -0.15) is 0 Å². The average molecular weight is 460 g/mol.